The quantitative estimate of drug-likeness (QED) is 0.794. The number of hydrogen-bond donors (Lipinski definition) is 2. The number of rotatable bonds is 6. The van der Waals surface area contributed by atoms with E-state index < -0.39 is 0 Å². The number of amides is 1. The van der Waals surface area contributed by atoms with Gasteiger partial charge in [-0.25, -0.2) is 0 Å². The molecule has 0 aromatic heterocycles. The lowest BCUT2D eigenvalue weighted by Crippen LogP contribution is -2.50. The highest BCUT2D eigenvalue weighted by Crippen LogP contribution is 2.16. The zero-order valence-corrected chi connectivity index (χ0v) is 13.9. The van der Waals surface area contributed by atoms with E-state index in [0.717, 1.165) is 31.7 Å². The van der Waals surface area contributed by atoms with Gasteiger partial charge in [0.15, 0.2) is 0 Å². The summed E-state index contributed by atoms with van der Waals surface area (Å²) in [6.45, 7) is 8.88. The summed E-state index contributed by atoms with van der Waals surface area (Å²) in [6, 6.07) is 6.36. The first-order valence-electron chi connectivity index (χ1n) is 8.26. The molecule has 4 nitrogen and oxygen atoms in total. The lowest BCUT2D eigenvalue weighted by molar-refractivity contribution is -0.122. The third-order valence-electron chi connectivity index (χ3n) is 4.47. The van der Waals surface area contributed by atoms with Gasteiger partial charge >= 0.3 is 0 Å². The van der Waals surface area contributed by atoms with Crippen LogP contribution in [0.5, 0.6) is 5.75 Å². The highest BCUT2D eigenvalue weighted by atomic mass is 16.5. The fourth-order valence-corrected chi connectivity index (χ4v) is 2.69. The van der Waals surface area contributed by atoms with Crippen LogP contribution in [0.2, 0.25) is 0 Å². The fraction of sp³-hybridized carbons (Fsp3) is 0.611. The van der Waals surface area contributed by atoms with Gasteiger partial charge in [0, 0.05) is 19.0 Å². The number of aryl methyl sites for hydroxylation is 2. The molecule has 1 aromatic rings. The predicted octanol–water partition coefficient (Wildman–Crippen LogP) is 2.58. The fourth-order valence-electron chi connectivity index (χ4n) is 2.69. The van der Waals surface area contributed by atoms with Gasteiger partial charge in [-0.3, -0.25) is 4.79 Å². The van der Waals surface area contributed by atoms with Crippen molar-refractivity contribution < 1.29 is 9.53 Å². The van der Waals surface area contributed by atoms with Crippen molar-refractivity contribution >= 4 is 5.91 Å². The first-order chi connectivity index (χ1) is 10.6. The van der Waals surface area contributed by atoms with E-state index >= 15 is 0 Å². The Kier molecular flexibility index (Phi) is 6.25. The molecule has 2 atom stereocenters. The van der Waals surface area contributed by atoms with Gasteiger partial charge in [0.25, 0.3) is 0 Å². The first kappa shape index (κ1) is 16.8. The van der Waals surface area contributed by atoms with Gasteiger partial charge in [-0.05, 0) is 62.4 Å². The molecular weight excluding hydrogens is 276 g/mol. The van der Waals surface area contributed by atoms with Crippen molar-refractivity contribution in [2.24, 2.45) is 5.92 Å². The zero-order valence-electron chi connectivity index (χ0n) is 13.9. The van der Waals surface area contributed by atoms with Crippen molar-refractivity contribution in [2.75, 3.05) is 19.7 Å². The molecule has 122 valence electrons. The molecule has 4 heteroatoms. The average Bonchev–Trinajstić information content (AvgIpc) is 2.49. The largest absolute Gasteiger partial charge is 0.494 e. The standard InChI is InChI=1S/C18H28N2O2/c1-13-6-7-16(11-15(13)3)22-10-4-5-18(21)20-17-12-19-9-8-14(17)2/h6-7,11,14,17,19H,4-5,8-10,12H2,1-3H3,(H,20,21). The van der Waals surface area contributed by atoms with Gasteiger partial charge in [-0.15, -0.1) is 0 Å². The maximum Gasteiger partial charge on any atom is 0.220 e. The Morgan fingerprint density at radius 1 is 1.36 bits per heavy atom. The molecule has 2 unspecified atom stereocenters. The Bertz CT molecular complexity index is 502. The van der Waals surface area contributed by atoms with Crippen molar-refractivity contribution in [2.45, 2.75) is 46.1 Å². The Morgan fingerprint density at radius 3 is 2.91 bits per heavy atom. The van der Waals surface area contributed by atoms with Gasteiger partial charge in [0.05, 0.1) is 6.61 Å². The van der Waals surface area contributed by atoms with E-state index in [4.69, 9.17) is 4.74 Å². The van der Waals surface area contributed by atoms with E-state index in [9.17, 15) is 4.79 Å². The third kappa shape index (κ3) is 5.02. The number of nitrogens with one attached hydrogen (secondary N) is 2. The zero-order chi connectivity index (χ0) is 15.9. The molecule has 1 aliphatic rings. The number of carbonyl (C=O) groups is 1. The maximum absolute atomic E-state index is 12.0. The van der Waals surface area contributed by atoms with Crippen molar-refractivity contribution in [3.05, 3.63) is 29.3 Å². The van der Waals surface area contributed by atoms with E-state index in [1.807, 2.05) is 12.1 Å². The topological polar surface area (TPSA) is 50.4 Å². The Morgan fingerprint density at radius 2 is 2.18 bits per heavy atom. The summed E-state index contributed by atoms with van der Waals surface area (Å²) in [5, 5.41) is 6.46. The number of ether oxygens (including phenoxy) is 1. The monoisotopic (exact) mass is 304 g/mol. The van der Waals surface area contributed by atoms with Gasteiger partial charge in [-0.2, -0.15) is 0 Å². The van der Waals surface area contributed by atoms with Crippen LogP contribution in [0.1, 0.15) is 37.3 Å². The molecule has 0 radical (unpaired) electrons. The molecule has 2 N–H and O–H groups in total. The molecule has 1 saturated heterocycles. The minimum Gasteiger partial charge on any atom is -0.494 e. The Hall–Kier alpha value is -1.55. The smallest absolute Gasteiger partial charge is 0.220 e. The second-order valence-corrected chi connectivity index (χ2v) is 6.34. The molecule has 0 spiro atoms. The van der Waals surface area contributed by atoms with Crippen LogP contribution in [0.25, 0.3) is 0 Å². The van der Waals surface area contributed by atoms with Crippen LogP contribution in [-0.2, 0) is 4.79 Å². The molecule has 2 rings (SSSR count). The summed E-state index contributed by atoms with van der Waals surface area (Å²) in [5.74, 6) is 1.56. The van der Waals surface area contributed by atoms with Crippen LogP contribution in [0.4, 0.5) is 0 Å². The lowest BCUT2D eigenvalue weighted by Gasteiger charge is -2.30. The van der Waals surface area contributed by atoms with Gasteiger partial charge in [-0.1, -0.05) is 13.0 Å². The summed E-state index contributed by atoms with van der Waals surface area (Å²) in [7, 11) is 0. The summed E-state index contributed by atoms with van der Waals surface area (Å²) in [4.78, 5) is 12.0. The SMILES string of the molecule is Cc1ccc(OCCCC(=O)NC2CNCCC2C)cc1C. The summed E-state index contributed by atoms with van der Waals surface area (Å²) >= 11 is 0. The highest BCUT2D eigenvalue weighted by molar-refractivity contribution is 5.76. The second-order valence-electron chi connectivity index (χ2n) is 6.34. The molecule has 1 aromatic carbocycles. The second kappa shape index (κ2) is 8.18. The first-order valence-corrected chi connectivity index (χ1v) is 8.26. The molecule has 0 aliphatic carbocycles. The van der Waals surface area contributed by atoms with E-state index in [2.05, 4.69) is 37.5 Å². The van der Waals surface area contributed by atoms with Crippen molar-refractivity contribution in [1.82, 2.24) is 10.6 Å². The molecule has 1 heterocycles. The molecule has 1 amide bonds. The summed E-state index contributed by atoms with van der Waals surface area (Å²) < 4.78 is 5.71. The lowest BCUT2D eigenvalue weighted by atomic mass is 9.95. The van der Waals surface area contributed by atoms with Crippen LogP contribution in [0, 0.1) is 19.8 Å². The predicted molar refractivity (Wildman–Crippen MR) is 89.2 cm³/mol. The number of hydrogen-bond acceptors (Lipinski definition) is 3. The number of carbonyl (C=O) groups excluding carboxylic acids is 1. The van der Waals surface area contributed by atoms with E-state index in [1.165, 1.54) is 11.1 Å². The van der Waals surface area contributed by atoms with Gasteiger partial charge < -0.3 is 15.4 Å². The maximum atomic E-state index is 12.0. The van der Waals surface area contributed by atoms with Gasteiger partial charge in [0.1, 0.15) is 5.75 Å². The number of piperidine rings is 1. The third-order valence-corrected chi connectivity index (χ3v) is 4.47. The van der Waals surface area contributed by atoms with Crippen molar-refractivity contribution in [1.29, 1.82) is 0 Å². The number of benzene rings is 1. The van der Waals surface area contributed by atoms with Crippen LogP contribution in [-0.4, -0.2) is 31.6 Å². The Balaban J connectivity index is 1.65. The van der Waals surface area contributed by atoms with E-state index in [-0.39, 0.29) is 11.9 Å². The van der Waals surface area contributed by atoms with Crippen LogP contribution in [0.15, 0.2) is 18.2 Å². The minimum atomic E-state index is 0.129. The van der Waals surface area contributed by atoms with Gasteiger partial charge in [0.2, 0.25) is 5.91 Å². The summed E-state index contributed by atoms with van der Waals surface area (Å²) in [5.41, 5.74) is 2.50. The molecular formula is C18H28N2O2. The average molecular weight is 304 g/mol. The van der Waals surface area contributed by atoms with E-state index in [1.54, 1.807) is 0 Å². The molecule has 22 heavy (non-hydrogen) atoms. The Labute approximate surface area is 133 Å². The molecule has 0 saturated carbocycles. The molecule has 1 aliphatic heterocycles. The van der Waals surface area contributed by atoms with Crippen LogP contribution < -0.4 is 15.4 Å². The molecule has 0 bridgehead atoms. The van der Waals surface area contributed by atoms with Crippen LogP contribution in [0.3, 0.4) is 0 Å². The van der Waals surface area contributed by atoms with E-state index in [0.29, 0.717) is 18.9 Å². The van der Waals surface area contributed by atoms with Crippen LogP contribution >= 0.6 is 0 Å². The van der Waals surface area contributed by atoms with Crippen molar-refractivity contribution in [3.8, 4) is 5.75 Å². The molecule has 1 fully saturated rings. The normalized spacial score (nSPS) is 21.4. The summed E-state index contributed by atoms with van der Waals surface area (Å²) in [6.07, 6.45) is 2.39. The highest BCUT2D eigenvalue weighted by Gasteiger charge is 2.22. The minimum absolute atomic E-state index is 0.129. The van der Waals surface area contributed by atoms with Crippen molar-refractivity contribution in [3.63, 3.8) is 0 Å².